The molecule has 0 amide bonds. The van der Waals surface area contributed by atoms with E-state index in [1.807, 2.05) is 0 Å². The third-order valence-electron chi connectivity index (χ3n) is 5.38. The Morgan fingerprint density at radius 3 is 2.14 bits per heavy atom. The Hall–Kier alpha value is -2.52. The molecule has 2 bridgehead atoms. The molecule has 2 aromatic rings. The van der Waals surface area contributed by atoms with Crippen molar-refractivity contribution in [3.05, 3.63) is 47.8 Å². The first-order valence-electron chi connectivity index (χ1n) is 9.13. The number of pyridine rings is 2. The highest BCUT2D eigenvalue weighted by Gasteiger charge is 2.46. The maximum Gasteiger partial charge on any atom is 0.419 e. The summed E-state index contributed by atoms with van der Waals surface area (Å²) in [6.45, 7) is 0. The van der Waals surface area contributed by atoms with Gasteiger partial charge < -0.3 is 9.64 Å². The normalized spacial score (nSPS) is 24.6. The molecule has 2 unspecified atom stereocenters. The van der Waals surface area contributed by atoms with Gasteiger partial charge in [0.1, 0.15) is 11.9 Å². The molecule has 2 aliphatic heterocycles. The molecule has 0 aliphatic carbocycles. The zero-order chi connectivity index (χ0) is 20.8. The zero-order valence-corrected chi connectivity index (χ0v) is 15.0. The first kappa shape index (κ1) is 19.8. The standard InChI is InChI=1S/C19H17F6N3O/c20-18(21,22)11-3-6-16(27-10-11)29-14-8-12-4-5-13(9-14)28(12)17-15(19(23,24)25)2-1-7-26-17/h1-3,6-7,10,12-14H,4-5,8-9H2/t12-,13?,14?/m0/s1. The van der Waals surface area contributed by atoms with Crippen molar-refractivity contribution in [2.45, 2.75) is 56.2 Å². The fraction of sp³-hybridized carbons (Fsp3) is 0.474. The molecule has 2 aromatic heterocycles. The van der Waals surface area contributed by atoms with Crippen molar-refractivity contribution in [2.75, 3.05) is 4.90 Å². The van der Waals surface area contributed by atoms with Crippen LogP contribution in [0.4, 0.5) is 32.2 Å². The quantitative estimate of drug-likeness (QED) is 0.652. The van der Waals surface area contributed by atoms with Gasteiger partial charge in [-0.3, -0.25) is 0 Å². The summed E-state index contributed by atoms with van der Waals surface area (Å²) in [6, 6.07) is 4.00. The van der Waals surface area contributed by atoms with Crippen molar-refractivity contribution in [2.24, 2.45) is 0 Å². The van der Waals surface area contributed by atoms with E-state index in [2.05, 4.69) is 9.97 Å². The second kappa shape index (κ2) is 7.07. The monoisotopic (exact) mass is 417 g/mol. The highest BCUT2D eigenvalue weighted by Crippen LogP contribution is 2.44. The van der Waals surface area contributed by atoms with E-state index in [9.17, 15) is 26.3 Å². The minimum absolute atomic E-state index is 0.0707. The second-order valence-corrected chi connectivity index (χ2v) is 7.26. The van der Waals surface area contributed by atoms with E-state index in [0.717, 1.165) is 18.2 Å². The minimum atomic E-state index is -4.50. The Kier molecular flexibility index (Phi) is 4.82. The molecule has 10 heteroatoms. The lowest BCUT2D eigenvalue weighted by molar-refractivity contribution is -0.138. The topological polar surface area (TPSA) is 38.2 Å². The lowest BCUT2D eigenvalue weighted by atomic mass is 9.99. The molecular weight excluding hydrogens is 400 g/mol. The van der Waals surface area contributed by atoms with Gasteiger partial charge in [-0.25, -0.2) is 9.97 Å². The van der Waals surface area contributed by atoms with E-state index in [1.54, 1.807) is 4.90 Å². The van der Waals surface area contributed by atoms with E-state index >= 15 is 0 Å². The third kappa shape index (κ3) is 3.97. The van der Waals surface area contributed by atoms with Crippen molar-refractivity contribution in [1.29, 1.82) is 0 Å². The second-order valence-electron chi connectivity index (χ2n) is 7.26. The van der Waals surface area contributed by atoms with Gasteiger partial charge >= 0.3 is 12.4 Å². The van der Waals surface area contributed by atoms with Gasteiger partial charge in [0.25, 0.3) is 0 Å². The number of piperidine rings is 1. The molecule has 0 radical (unpaired) electrons. The number of aromatic nitrogens is 2. The molecule has 0 N–H and O–H groups in total. The fourth-order valence-corrected chi connectivity index (χ4v) is 4.18. The molecule has 3 atom stereocenters. The van der Waals surface area contributed by atoms with E-state index in [4.69, 9.17) is 4.74 Å². The Labute approximate surface area is 162 Å². The molecule has 2 fully saturated rings. The van der Waals surface area contributed by atoms with Crippen LogP contribution in [0.3, 0.4) is 0 Å². The number of halogens is 6. The van der Waals surface area contributed by atoms with Crippen molar-refractivity contribution < 1.29 is 31.1 Å². The molecule has 0 aromatic carbocycles. The van der Waals surface area contributed by atoms with Crippen molar-refractivity contribution in [3.8, 4) is 5.88 Å². The average Bonchev–Trinajstić information content (AvgIpc) is 2.91. The van der Waals surface area contributed by atoms with Crippen LogP contribution in [0.2, 0.25) is 0 Å². The molecule has 4 nitrogen and oxygen atoms in total. The van der Waals surface area contributed by atoms with Crippen LogP contribution in [0.1, 0.15) is 36.8 Å². The molecular formula is C19H17F6N3O. The smallest absolute Gasteiger partial charge is 0.419 e. The number of ether oxygens (including phenoxy) is 1. The van der Waals surface area contributed by atoms with Crippen molar-refractivity contribution >= 4 is 5.82 Å². The molecule has 156 valence electrons. The van der Waals surface area contributed by atoms with Gasteiger partial charge in [-0.15, -0.1) is 0 Å². The van der Waals surface area contributed by atoms with Crippen LogP contribution in [-0.4, -0.2) is 28.2 Å². The number of alkyl halides is 6. The maximum absolute atomic E-state index is 13.4. The van der Waals surface area contributed by atoms with Gasteiger partial charge in [0, 0.05) is 43.4 Å². The van der Waals surface area contributed by atoms with Crippen LogP contribution >= 0.6 is 0 Å². The summed E-state index contributed by atoms with van der Waals surface area (Å²) in [5, 5.41) is 0. The highest BCUT2D eigenvalue weighted by atomic mass is 19.4. The lowest BCUT2D eigenvalue weighted by Crippen LogP contribution is -2.47. The van der Waals surface area contributed by atoms with Gasteiger partial charge in [-0.2, -0.15) is 26.3 Å². The van der Waals surface area contributed by atoms with Crippen LogP contribution in [0.25, 0.3) is 0 Å². The van der Waals surface area contributed by atoms with E-state index in [1.165, 1.54) is 12.3 Å². The van der Waals surface area contributed by atoms with Crippen LogP contribution < -0.4 is 9.64 Å². The Balaban J connectivity index is 1.49. The minimum Gasteiger partial charge on any atom is -0.474 e. The van der Waals surface area contributed by atoms with E-state index < -0.39 is 23.5 Å². The molecule has 2 aliphatic rings. The largest absolute Gasteiger partial charge is 0.474 e. The van der Waals surface area contributed by atoms with Crippen LogP contribution in [0.5, 0.6) is 5.88 Å². The number of rotatable bonds is 3. The fourth-order valence-electron chi connectivity index (χ4n) is 4.18. The summed E-state index contributed by atoms with van der Waals surface area (Å²) in [7, 11) is 0. The van der Waals surface area contributed by atoms with Gasteiger partial charge in [0.2, 0.25) is 5.88 Å². The van der Waals surface area contributed by atoms with E-state index in [-0.39, 0.29) is 29.9 Å². The molecule has 4 rings (SSSR count). The number of nitrogens with zero attached hydrogens (tertiary/aromatic N) is 3. The number of hydrogen-bond donors (Lipinski definition) is 0. The third-order valence-corrected chi connectivity index (χ3v) is 5.38. The first-order valence-corrected chi connectivity index (χ1v) is 9.13. The molecule has 2 saturated heterocycles. The van der Waals surface area contributed by atoms with E-state index in [0.29, 0.717) is 31.9 Å². The van der Waals surface area contributed by atoms with Crippen molar-refractivity contribution in [1.82, 2.24) is 9.97 Å². The van der Waals surface area contributed by atoms with Crippen molar-refractivity contribution in [3.63, 3.8) is 0 Å². The van der Waals surface area contributed by atoms with Crippen LogP contribution in [-0.2, 0) is 12.4 Å². The number of fused-ring (bicyclic) bond motifs is 2. The van der Waals surface area contributed by atoms with Crippen LogP contribution in [0.15, 0.2) is 36.7 Å². The lowest BCUT2D eigenvalue weighted by Gasteiger charge is -2.40. The molecule has 0 saturated carbocycles. The highest BCUT2D eigenvalue weighted by molar-refractivity contribution is 5.52. The SMILES string of the molecule is FC(F)(F)c1ccc(OC2CC3CC[C@@H](C2)N3c2ncccc2C(F)(F)F)nc1. The Morgan fingerprint density at radius 2 is 1.59 bits per heavy atom. The predicted molar refractivity (Wildman–Crippen MR) is 91.4 cm³/mol. The summed E-state index contributed by atoms with van der Waals surface area (Å²) in [4.78, 5) is 9.44. The Morgan fingerprint density at radius 1 is 0.897 bits per heavy atom. The predicted octanol–water partition coefficient (Wildman–Crippen LogP) is 5.09. The summed E-state index contributed by atoms with van der Waals surface area (Å²) in [6.07, 6.45) is -4.93. The Bertz CT molecular complexity index is 853. The summed E-state index contributed by atoms with van der Waals surface area (Å²) >= 11 is 0. The summed E-state index contributed by atoms with van der Waals surface area (Å²) in [5.74, 6) is 0.00303. The average molecular weight is 417 g/mol. The summed E-state index contributed by atoms with van der Waals surface area (Å²) in [5.41, 5.74) is -1.63. The molecule has 29 heavy (non-hydrogen) atoms. The van der Waals surface area contributed by atoms with Gasteiger partial charge in [-0.1, -0.05) is 0 Å². The molecule has 4 heterocycles. The molecule has 0 spiro atoms. The van der Waals surface area contributed by atoms with Gasteiger partial charge in [-0.05, 0) is 31.0 Å². The zero-order valence-electron chi connectivity index (χ0n) is 15.0. The number of hydrogen-bond acceptors (Lipinski definition) is 4. The number of anilines is 1. The summed E-state index contributed by atoms with van der Waals surface area (Å²) < 4.78 is 83.8. The first-order chi connectivity index (χ1) is 13.6. The van der Waals surface area contributed by atoms with Gasteiger partial charge in [0.05, 0.1) is 11.1 Å². The van der Waals surface area contributed by atoms with Gasteiger partial charge in [0.15, 0.2) is 0 Å². The van der Waals surface area contributed by atoms with Crippen LogP contribution in [0, 0.1) is 0 Å². The maximum atomic E-state index is 13.4.